The maximum atomic E-state index is 13.4. The van der Waals surface area contributed by atoms with E-state index in [9.17, 15) is 9.59 Å². The number of hydrogen-bond acceptors (Lipinski definition) is 5. The SMILES string of the molecule is COC(=O)N1C=CC2(C1)C(=O)N(COCC[Si](C)(C)C)c1ccc(OC)cc12. The van der Waals surface area contributed by atoms with E-state index in [4.69, 9.17) is 14.2 Å². The summed E-state index contributed by atoms with van der Waals surface area (Å²) < 4.78 is 16.0. The Kier molecular flexibility index (Phi) is 5.54. The lowest BCUT2D eigenvalue weighted by Crippen LogP contribution is -2.44. The van der Waals surface area contributed by atoms with Gasteiger partial charge in [0, 0.05) is 26.4 Å². The molecule has 0 bridgehead atoms. The van der Waals surface area contributed by atoms with Crippen molar-refractivity contribution in [1.82, 2.24) is 4.90 Å². The molecule has 3 rings (SSSR count). The molecule has 7 nitrogen and oxygen atoms in total. The summed E-state index contributed by atoms with van der Waals surface area (Å²) in [5.74, 6) is 0.559. The zero-order valence-electron chi connectivity index (χ0n) is 17.2. The van der Waals surface area contributed by atoms with Crippen molar-refractivity contribution < 1.29 is 23.8 Å². The van der Waals surface area contributed by atoms with Crippen LogP contribution < -0.4 is 9.64 Å². The number of benzene rings is 1. The van der Waals surface area contributed by atoms with Crippen LogP contribution in [0.1, 0.15) is 5.56 Å². The van der Waals surface area contributed by atoms with Crippen molar-refractivity contribution in [3.63, 3.8) is 0 Å². The van der Waals surface area contributed by atoms with E-state index in [0.29, 0.717) is 12.4 Å². The van der Waals surface area contributed by atoms with Crippen molar-refractivity contribution in [1.29, 1.82) is 0 Å². The molecule has 2 amide bonds. The second kappa shape index (κ2) is 7.60. The van der Waals surface area contributed by atoms with Gasteiger partial charge in [0.2, 0.25) is 5.91 Å². The molecule has 1 atom stereocenters. The number of methoxy groups -OCH3 is 2. The Morgan fingerprint density at radius 2 is 2.00 bits per heavy atom. The summed E-state index contributed by atoms with van der Waals surface area (Å²) in [4.78, 5) is 28.5. The Morgan fingerprint density at radius 3 is 2.64 bits per heavy atom. The molecule has 0 fully saturated rings. The third-order valence-electron chi connectivity index (χ3n) is 5.19. The second-order valence-electron chi connectivity index (χ2n) is 8.35. The summed E-state index contributed by atoms with van der Waals surface area (Å²) >= 11 is 0. The van der Waals surface area contributed by atoms with E-state index >= 15 is 0 Å². The Hall–Kier alpha value is -2.32. The maximum Gasteiger partial charge on any atom is 0.413 e. The number of rotatable bonds is 6. The summed E-state index contributed by atoms with van der Waals surface area (Å²) in [6.07, 6.45) is 2.89. The van der Waals surface area contributed by atoms with E-state index in [1.165, 1.54) is 12.0 Å². The van der Waals surface area contributed by atoms with Gasteiger partial charge in [-0.2, -0.15) is 0 Å². The number of carbonyl (C=O) groups excluding carboxylic acids is 2. The number of anilines is 1. The summed E-state index contributed by atoms with van der Waals surface area (Å²) in [5.41, 5.74) is 0.656. The van der Waals surface area contributed by atoms with Gasteiger partial charge < -0.3 is 14.2 Å². The molecular weight excluding hydrogens is 376 g/mol. The number of amides is 2. The number of hydrogen-bond donors (Lipinski definition) is 0. The lowest BCUT2D eigenvalue weighted by atomic mass is 9.83. The van der Waals surface area contributed by atoms with E-state index < -0.39 is 19.6 Å². The molecular formula is C20H28N2O5Si. The van der Waals surface area contributed by atoms with E-state index in [-0.39, 0.29) is 19.2 Å². The minimum atomic E-state index is -1.21. The quantitative estimate of drug-likeness (QED) is 0.538. The molecule has 0 saturated carbocycles. The van der Waals surface area contributed by atoms with Crippen LogP contribution in [0, 0.1) is 0 Å². The highest BCUT2D eigenvalue weighted by molar-refractivity contribution is 6.76. The van der Waals surface area contributed by atoms with E-state index in [0.717, 1.165) is 17.3 Å². The van der Waals surface area contributed by atoms with Crippen LogP contribution in [0.25, 0.3) is 0 Å². The molecule has 8 heteroatoms. The second-order valence-corrected chi connectivity index (χ2v) is 14.0. The molecule has 0 aromatic heterocycles. The first kappa shape index (κ1) is 20.4. The maximum absolute atomic E-state index is 13.4. The first-order chi connectivity index (χ1) is 13.2. The smallest absolute Gasteiger partial charge is 0.413 e. The fraction of sp³-hybridized carbons (Fsp3) is 0.500. The fourth-order valence-electron chi connectivity index (χ4n) is 3.51. The third-order valence-corrected chi connectivity index (χ3v) is 6.89. The number of nitrogens with zero attached hydrogens (tertiary/aromatic N) is 2. The van der Waals surface area contributed by atoms with Gasteiger partial charge in [0.15, 0.2) is 0 Å². The van der Waals surface area contributed by atoms with Crippen LogP contribution in [-0.4, -0.2) is 59.1 Å². The average Bonchev–Trinajstić information content (AvgIpc) is 3.20. The highest BCUT2D eigenvalue weighted by atomic mass is 28.3. The van der Waals surface area contributed by atoms with Crippen molar-refractivity contribution in [2.24, 2.45) is 0 Å². The Bertz CT molecular complexity index is 804. The van der Waals surface area contributed by atoms with Gasteiger partial charge in [-0.15, -0.1) is 0 Å². The predicted octanol–water partition coefficient (Wildman–Crippen LogP) is 3.19. The molecule has 0 aliphatic carbocycles. The molecule has 0 saturated heterocycles. The summed E-state index contributed by atoms with van der Waals surface area (Å²) in [7, 11) is 1.71. The zero-order chi connectivity index (χ0) is 20.5. The molecule has 0 radical (unpaired) electrons. The molecule has 1 aromatic rings. The van der Waals surface area contributed by atoms with Gasteiger partial charge in [-0.3, -0.25) is 14.6 Å². The first-order valence-corrected chi connectivity index (χ1v) is 13.0. The van der Waals surface area contributed by atoms with Gasteiger partial charge in [-0.05, 0) is 30.3 Å². The average molecular weight is 405 g/mol. The molecule has 28 heavy (non-hydrogen) atoms. The number of carbonyl (C=O) groups is 2. The Labute approximate surface area is 166 Å². The lowest BCUT2D eigenvalue weighted by Gasteiger charge is -2.24. The van der Waals surface area contributed by atoms with Crippen LogP contribution in [0.3, 0.4) is 0 Å². The van der Waals surface area contributed by atoms with E-state index in [1.54, 1.807) is 24.3 Å². The van der Waals surface area contributed by atoms with Crippen LogP contribution in [-0.2, 0) is 19.7 Å². The van der Waals surface area contributed by atoms with Gasteiger partial charge in [-0.25, -0.2) is 4.79 Å². The first-order valence-electron chi connectivity index (χ1n) is 9.34. The Balaban J connectivity index is 1.86. The van der Waals surface area contributed by atoms with Gasteiger partial charge in [-0.1, -0.05) is 19.6 Å². The highest BCUT2D eigenvalue weighted by Crippen LogP contribution is 2.47. The molecule has 1 aromatic carbocycles. The van der Waals surface area contributed by atoms with Gasteiger partial charge >= 0.3 is 6.09 Å². The fourth-order valence-corrected chi connectivity index (χ4v) is 4.27. The number of ether oxygens (including phenoxy) is 3. The summed E-state index contributed by atoms with van der Waals surface area (Å²) in [6.45, 7) is 7.89. The minimum Gasteiger partial charge on any atom is -0.497 e. The normalized spacial score (nSPS) is 20.8. The molecule has 2 aliphatic rings. The zero-order valence-corrected chi connectivity index (χ0v) is 18.2. The summed E-state index contributed by atoms with van der Waals surface area (Å²) in [5, 5.41) is 0. The van der Waals surface area contributed by atoms with Crippen molar-refractivity contribution in [2.45, 2.75) is 31.1 Å². The van der Waals surface area contributed by atoms with Crippen molar-refractivity contribution in [2.75, 3.05) is 39.0 Å². The van der Waals surface area contributed by atoms with Crippen LogP contribution in [0.4, 0.5) is 10.5 Å². The predicted molar refractivity (Wildman–Crippen MR) is 109 cm³/mol. The van der Waals surface area contributed by atoms with Crippen LogP contribution >= 0.6 is 0 Å². The molecule has 1 spiro atoms. The lowest BCUT2D eigenvalue weighted by molar-refractivity contribution is -0.122. The third kappa shape index (κ3) is 3.66. The summed E-state index contributed by atoms with van der Waals surface area (Å²) in [6, 6.07) is 6.60. The van der Waals surface area contributed by atoms with Crippen molar-refractivity contribution >= 4 is 25.8 Å². The monoisotopic (exact) mass is 404 g/mol. The van der Waals surface area contributed by atoms with Gasteiger partial charge in [0.25, 0.3) is 0 Å². The minimum absolute atomic E-state index is 0.105. The van der Waals surface area contributed by atoms with Gasteiger partial charge in [0.1, 0.15) is 17.9 Å². The topological polar surface area (TPSA) is 68.3 Å². The number of fused-ring (bicyclic) bond motifs is 2. The standard InChI is InChI=1S/C20H28N2O5Si/c1-25-15-6-7-17-16(12-15)20(8-9-21(13-20)19(24)26-2)18(23)22(17)14-27-10-11-28(3,4)5/h6-9,12H,10-11,13-14H2,1-5H3. The van der Waals surface area contributed by atoms with Crippen LogP contribution in [0.2, 0.25) is 25.7 Å². The molecule has 1 unspecified atom stereocenters. The molecule has 0 N–H and O–H groups in total. The Morgan fingerprint density at radius 1 is 1.25 bits per heavy atom. The van der Waals surface area contributed by atoms with Crippen molar-refractivity contribution in [3.05, 3.63) is 36.0 Å². The van der Waals surface area contributed by atoms with Crippen LogP contribution in [0.5, 0.6) is 5.75 Å². The molecule has 152 valence electrons. The van der Waals surface area contributed by atoms with Crippen molar-refractivity contribution in [3.8, 4) is 5.75 Å². The highest BCUT2D eigenvalue weighted by Gasteiger charge is 2.53. The van der Waals surface area contributed by atoms with Gasteiger partial charge in [0.05, 0.1) is 26.5 Å². The van der Waals surface area contributed by atoms with Crippen LogP contribution in [0.15, 0.2) is 30.5 Å². The molecule has 2 aliphatic heterocycles. The molecule has 2 heterocycles. The van der Waals surface area contributed by atoms with E-state index in [2.05, 4.69) is 19.6 Å². The largest absolute Gasteiger partial charge is 0.497 e. The van der Waals surface area contributed by atoms with E-state index in [1.807, 2.05) is 18.2 Å².